The highest BCUT2D eigenvalue weighted by molar-refractivity contribution is 5.85. The van der Waals surface area contributed by atoms with Crippen LogP contribution in [0.3, 0.4) is 0 Å². The van der Waals surface area contributed by atoms with Crippen molar-refractivity contribution in [2.45, 2.75) is 26.3 Å². The molecule has 1 aliphatic rings. The van der Waals surface area contributed by atoms with Gasteiger partial charge in [-0.3, -0.25) is 15.0 Å². The third-order valence-corrected chi connectivity index (χ3v) is 4.36. The first-order valence-corrected chi connectivity index (χ1v) is 7.60. The van der Waals surface area contributed by atoms with Crippen molar-refractivity contribution in [2.24, 2.45) is 5.92 Å². The van der Waals surface area contributed by atoms with Gasteiger partial charge in [0.2, 0.25) is 5.75 Å². The molecule has 1 heterocycles. The Morgan fingerprint density at radius 1 is 1.29 bits per heavy atom. The van der Waals surface area contributed by atoms with Gasteiger partial charge < -0.3 is 15.5 Å². The minimum atomic E-state index is -0.669. The summed E-state index contributed by atoms with van der Waals surface area (Å²) >= 11 is 0. The predicted octanol–water partition coefficient (Wildman–Crippen LogP) is 2.84. The van der Waals surface area contributed by atoms with Crippen molar-refractivity contribution in [3.8, 4) is 11.5 Å². The number of nitro groups is 1. The lowest BCUT2D eigenvalue weighted by atomic mass is 9.90. The number of rotatable bonds is 5. The van der Waals surface area contributed by atoms with Gasteiger partial charge in [-0.25, -0.2) is 0 Å². The fourth-order valence-electron chi connectivity index (χ4n) is 3.02. The van der Waals surface area contributed by atoms with Crippen LogP contribution in [0.4, 0.5) is 5.69 Å². The summed E-state index contributed by atoms with van der Waals surface area (Å²) in [5.74, 6) is -0.828. The van der Waals surface area contributed by atoms with Crippen LogP contribution in [0.1, 0.15) is 31.9 Å². The van der Waals surface area contributed by atoms with E-state index in [9.17, 15) is 20.3 Å². The van der Waals surface area contributed by atoms with Gasteiger partial charge in [-0.2, -0.15) is 0 Å². The lowest BCUT2D eigenvalue weighted by Crippen LogP contribution is -2.46. The zero-order valence-corrected chi connectivity index (χ0v) is 15.4. The van der Waals surface area contributed by atoms with Crippen molar-refractivity contribution < 1.29 is 15.1 Å². The molecule has 0 spiro atoms. The number of phenols is 2. The van der Waals surface area contributed by atoms with E-state index in [4.69, 9.17) is 0 Å². The zero-order valence-electron chi connectivity index (χ0n) is 13.8. The first kappa shape index (κ1) is 22.7. The van der Waals surface area contributed by atoms with Gasteiger partial charge in [0.15, 0.2) is 5.75 Å². The molecule has 0 radical (unpaired) electrons. The van der Waals surface area contributed by atoms with Gasteiger partial charge >= 0.3 is 5.69 Å². The second kappa shape index (κ2) is 9.88. The highest BCUT2D eigenvalue weighted by atomic mass is 35.5. The molecule has 0 saturated carbocycles. The van der Waals surface area contributed by atoms with E-state index >= 15 is 0 Å². The van der Waals surface area contributed by atoms with Crippen LogP contribution >= 0.6 is 24.8 Å². The maximum Gasteiger partial charge on any atom is 0.314 e. The van der Waals surface area contributed by atoms with Gasteiger partial charge in [0.1, 0.15) is 0 Å². The topological polar surface area (TPSA) is 98.9 Å². The zero-order chi connectivity index (χ0) is 16.3. The van der Waals surface area contributed by atoms with E-state index < -0.39 is 22.1 Å². The second-order valence-corrected chi connectivity index (χ2v) is 5.78. The summed E-state index contributed by atoms with van der Waals surface area (Å²) in [6, 6.07) is 2.81. The number of nitrogens with one attached hydrogen (secondary N) is 1. The summed E-state index contributed by atoms with van der Waals surface area (Å²) in [6.45, 7) is 7.63. The summed E-state index contributed by atoms with van der Waals surface area (Å²) in [5, 5.41) is 33.9. The van der Waals surface area contributed by atoms with E-state index in [1.165, 1.54) is 12.1 Å². The molecule has 138 valence electrons. The molecule has 7 nitrogen and oxygen atoms in total. The molecule has 9 heteroatoms. The number of phenolic OH excluding ortho intramolecular Hbond substituents is 2. The largest absolute Gasteiger partial charge is 0.504 e. The van der Waals surface area contributed by atoms with Crippen LogP contribution in [0.5, 0.6) is 11.5 Å². The van der Waals surface area contributed by atoms with Crippen LogP contribution in [0.2, 0.25) is 0 Å². The number of hydrogen-bond donors (Lipinski definition) is 3. The Morgan fingerprint density at radius 3 is 2.38 bits per heavy atom. The van der Waals surface area contributed by atoms with E-state index in [-0.39, 0.29) is 36.8 Å². The van der Waals surface area contributed by atoms with Crippen LogP contribution in [0, 0.1) is 16.0 Å². The number of halogens is 2. The molecule has 1 unspecified atom stereocenters. The first-order valence-electron chi connectivity index (χ1n) is 7.60. The van der Waals surface area contributed by atoms with Crippen molar-refractivity contribution in [2.75, 3.05) is 26.2 Å². The SMILES string of the molecule is CCC(C)[C@@H](c1cc(O)c(O)c([N+](=O)[O-])c1)N1CCNCC1.Cl.Cl. The van der Waals surface area contributed by atoms with Crippen molar-refractivity contribution in [1.29, 1.82) is 0 Å². The van der Waals surface area contributed by atoms with Gasteiger partial charge in [-0.1, -0.05) is 20.3 Å². The summed E-state index contributed by atoms with van der Waals surface area (Å²) in [7, 11) is 0. The molecular formula is C15H25Cl2N3O4. The van der Waals surface area contributed by atoms with E-state index in [0.29, 0.717) is 5.56 Å². The summed E-state index contributed by atoms with van der Waals surface area (Å²) in [6.07, 6.45) is 0.921. The van der Waals surface area contributed by atoms with Crippen molar-refractivity contribution in [1.82, 2.24) is 10.2 Å². The first-order chi connectivity index (χ1) is 10.5. The van der Waals surface area contributed by atoms with Gasteiger partial charge in [-0.05, 0) is 17.5 Å². The third kappa shape index (κ3) is 4.86. The molecule has 3 N–H and O–H groups in total. The molecule has 1 fully saturated rings. The van der Waals surface area contributed by atoms with E-state index in [2.05, 4.69) is 24.1 Å². The minimum Gasteiger partial charge on any atom is -0.504 e. The van der Waals surface area contributed by atoms with Crippen molar-refractivity contribution in [3.63, 3.8) is 0 Å². The highest BCUT2D eigenvalue weighted by Gasteiger charge is 2.30. The fraction of sp³-hybridized carbons (Fsp3) is 0.600. The van der Waals surface area contributed by atoms with Crippen LogP contribution in [-0.2, 0) is 0 Å². The Bertz CT molecular complexity index is 554. The predicted molar refractivity (Wildman–Crippen MR) is 97.6 cm³/mol. The third-order valence-electron chi connectivity index (χ3n) is 4.36. The van der Waals surface area contributed by atoms with Crippen molar-refractivity contribution >= 4 is 30.5 Å². The second-order valence-electron chi connectivity index (χ2n) is 5.78. The minimum absolute atomic E-state index is 0. The van der Waals surface area contributed by atoms with E-state index in [0.717, 1.165) is 32.6 Å². The molecule has 1 aromatic rings. The summed E-state index contributed by atoms with van der Waals surface area (Å²) < 4.78 is 0. The molecule has 0 aromatic heterocycles. The molecule has 1 saturated heterocycles. The average molecular weight is 382 g/mol. The van der Waals surface area contributed by atoms with Gasteiger partial charge in [0.25, 0.3) is 0 Å². The number of hydrogen-bond acceptors (Lipinski definition) is 6. The van der Waals surface area contributed by atoms with Crippen LogP contribution in [0.25, 0.3) is 0 Å². The number of nitro benzene ring substituents is 1. The Hall–Kier alpha value is -1.28. The summed E-state index contributed by atoms with van der Waals surface area (Å²) in [5.41, 5.74) is 0.233. The lowest BCUT2D eigenvalue weighted by molar-refractivity contribution is -0.386. The van der Waals surface area contributed by atoms with Crippen LogP contribution in [-0.4, -0.2) is 46.2 Å². The Morgan fingerprint density at radius 2 is 1.88 bits per heavy atom. The number of piperazine rings is 1. The molecule has 0 bridgehead atoms. The smallest absolute Gasteiger partial charge is 0.314 e. The highest BCUT2D eigenvalue weighted by Crippen LogP contribution is 2.41. The van der Waals surface area contributed by atoms with Gasteiger partial charge in [0.05, 0.1) is 4.92 Å². The Kier molecular flexibility index (Phi) is 9.35. The maximum atomic E-state index is 11.1. The fourth-order valence-corrected chi connectivity index (χ4v) is 3.02. The van der Waals surface area contributed by atoms with Gasteiger partial charge in [-0.15, -0.1) is 24.8 Å². The summed E-state index contributed by atoms with van der Waals surface area (Å²) in [4.78, 5) is 12.7. The van der Waals surface area contributed by atoms with E-state index in [1.807, 2.05) is 0 Å². The maximum absolute atomic E-state index is 11.1. The molecule has 24 heavy (non-hydrogen) atoms. The Balaban J connectivity index is 0.00000264. The van der Waals surface area contributed by atoms with Crippen LogP contribution < -0.4 is 5.32 Å². The molecule has 2 rings (SSSR count). The van der Waals surface area contributed by atoms with E-state index in [1.54, 1.807) is 0 Å². The average Bonchev–Trinajstić information content (AvgIpc) is 2.51. The standard InChI is InChI=1S/C15H23N3O4.2ClH/c1-3-10(2)14(17-6-4-16-5-7-17)11-8-12(18(21)22)15(20)13(19)9-11;;/h8-10,14,16,19-20H,3-7H2,1-2H3;2*1H/t10?,14-;;/m0../s1. The van der Waals surface area contributed by atoms with Gasteiger partial charge in [0, 0.05) is 38.3 Å². The lowest BCUT2D eigenvalue weighted by Gasteiger charge is -2.38. The molecule has 0 aliphatic carbocycles. The van der Waals surface area contributed by atoms with Crippen LogP contribution in [0.15, 0.2) is 12.1 Å². The number of aromatic hydroxyl groups is 2. The molecular weight excluding hydrogens is 357 g/mol. The molecule has 0 amide bonds. The molecule has 1 aromatic carbocycles. The Labute approximate surface area is 154 Å². The normalized spacial score (nSPS) is 17.2. The number of benzene rings is 1. The molecule has 1 aliphatic heterocycles. The quantitative estimate of drug-likeness (QED) is 0.412. The molecule has 2 atom stereocenters. The monoisotopic (exact) mass is 381 g/mol. The number of nitrogens with zero attached hydrogens (tertiary/aromatic N) is 2. The van der Waals surface area contributed by atoms with Crippen molar-refractivity contribution in [3.05, 3.63) is 27.8 Å².